The minimum Gasteiger partial charge on any atom is -0.444 e. The number of hydrogen-bond acceptors (Lipinski definition) is 3. The summed E-state index contributed by atoms with van der Waals surface area (Å²) in [7, 11) is 0. The maximum atomic E-state index is 13.3. The van der Waals surface area contributed by atoms with Gasteiger partial charge in [-0.2, -0.15) is 0 Å². The number of ether oxygens (including phenoxy) is 1. The van der Waals surface area contributed by atoms with Gasteiger partial charge in [0.2, 0.25) is 0 Å². The zero-order valence-electron chi connectivity index (χ0n) is 11.9. The van der Waals surface area contributed by atoms with E-state index < -0.39 is 12.2 Å². The quantitative estimate of drug-likeness (QED) is 0.928. The molecule has 1 aliphatic heterocycles. The number of anilines is 1. The van der Waals surface area contributed by atoms with Crippen molar-refractivity contribution in [2.75, 3.05) is 11.4 Å². The van der Waals surface area contributed by atoms with Gasteiger partial charge in [-0.1, -0.05) is 30.3 Å². The fourth-order valence-corrected chi connectivity index (χ4v) is 2.58. The van der Waals surface area contributed by atoms with Crippen LogP contribution in [0.5, 0.6) is 0 Å². The molecule has 0 fully saturated rings. The van der Waals surface area contributed by atoms with E-state index in [0.29, 0.717) is 17.7 Å². The summed E-state index contributed by atoms with van der Waals surface area (Å²) in [6, 6.07) is 13.5. The van der Waals surface area contributed by atoms with Crippen LogP contribution in [0.15, 0.2) is 48.5 Å². The molecule has 2 aromatic carbocycles. The van der Waals surface area contributed by atoms with Crippen molar-refractivity contribution in [2.45, 2.75) is 19.1 Å². The highest BCUT2D eigenvalue weighted by atomic mass is 19.1. The van der Waals surface area contributed by atoms with E-state index in [2.05, 4.69) is 0 Å². The van der Waals surface area contributed by atoms with Gasteiger partial charge in [0.1, 0.15) is 12.4 Å². The summed E-state index contributed by atoms with van der Waals surface area (Å²) in [5, 5.41) is 9.88. The van der Waals surface area contributed by atoms with Gasteiger partial charge in [-0.05, 0) is 29.3 Å². The highest BCUT2D eigenvalue weighted by molar-refractivity contribution is 5.89. The number of hydrogen-bond donors (Lipinski definition) is 1. The molecule has 2 aromatic rings. The first kappa shape index (κ1) is 14.5. The molecule has 4 nitrogen and oxygen atoms in total. The second kappa shape index (κ2) is 6.15. The van der Waals surface area contributed by atoms with E-state index in [1.165, 1.54) is 17.0 Å². The molecule has 22 heavy (non-hydrogen) atoms. The first-order valence-corrected chi connectivity index (χ1v) is 7.08. The molecule has 1 atom stereocenters. The lowest BCUT2D eigenvalue weighted by Crippen LogP contribution is -2.42. The Labute approximate surface area is 127 Å². The Bertz CT molecular complexity index is 675. The van der Waals surface area contributed by atoms with Crippen LogP contribution in [0.4, 0.5) is 14.9 Å². The molecule has 3 rings (SSSR count). The van der Waals surface area contributed by atoms with Crippen molar-refractivity contribution in [1.29, 1.82) is 0 Å². The monoisotopic (exact) mass is 301 g/mol. The largest absolute Gasteiger partial charge is 0.444 e. The second-order valence-corrected chi connectivity index (χ2v) is 5.28. The van der Waals surface area contributed by atoms with Gasteiger partial charge in [-0.25, -0.2) is 9.18 Å². The number of nitrogens with zero attached hydrogens (tertiary/aromatic N) is 1. The van der Waals surface area contributed by atoms with Crippen LogP contribution in [-0.2, 0) is 17.8 Å². The van der Waals surface area contributed by atoms with Gasteiger partial charge in [0, 0.05) is 6.42 Å². The topological polar surface area (TPSA) is 49.8 Å². The predicted molar refractivity (Wildman–Crippen MR) is 80.1 cm³/mol. The smallest absolute Gasteiger partial charge is 0.414 e. The van der Waals surface area contributed by atoms with Crippen molar-refractivity contribution in [3.63, 3.8) is 0 Å². The Morgan fingerprint density at radius 2 is 2.05 bits per heavy atom. The molecule has 0 aromatic heterocycles. The van der Waals surface area contributed by atoms with Crippen LogP contribution in [0.25, 0.3) is 0 Å². The van der Waals surface area contributed by atoms with Crippen LogP contribution in [0.3, 0.4) is 0 Å². The number of fused-ring (bicyclic) bond motifs is 1. The van der Waals surface area contributed by atoms with Crippen LogP contribution < -0.4 is 4.90 Å². The molecule has 0 aliphatic carbocycles. The minimum absolute atomic E-state index is 0.145. The normalized spacial score (nSPS) is 17.0. The summed E-state index contributed by atoms with van der Waals surface area (Å²) in [4.78, 5) is 13.6. The van der Waals surface area contributed by atoms with Crippen LogP contribution in [0.2, 0.25) is 0 Å². The zero-order chi connectivity index (χ0) is 15.5. The summed E-state index contributed by atoms with van der Waals surface area (Å²) < 4.78 is 18.6. The van der Waals surface area contributed by atoms with Crippen LogP contribution in [0, 0.1) is 5.82 Å². The Morgan fingerprint density at radius 3 is 2.82 bits per heavy atom. The third-order valence-electron chi connectivity index (χ3n) is 3.61. The van der Waals surface area contributed by atoms with Crippen LogP contribution in [0.1, 0.15) is 11.1 Å². The number of benzene rings is 2. The molecular weight excluding hydrogens is 285 g/mol. The average molecular weight is 301 g/mol. The Balaban J connectivity index is 1.75. The molecule has 0 saturated carbocycles. The lowest BCUT2D eigenvalue weighted by atomic mass is 10.00. The van der Waals surface area contributed by atoms with Gasteiger partial charge in [0.25, 0.3) is 0 Å². The number of amides is 1. The number of carbonyl (C=O) groups is 1. The van der Waals surface area contributed by atoms with Crippen molar-refractivity contribution < 1.29 is 19.0 Å². The number of β-amino-alcohol motifs (C(OH)–C–C–N with tert-alkyl or cyclic N) is 1. The van der Waals surface area contributed by atoms with E-state index in [1.807, 2.05) is 30.3 Å². The average Bonchev–Trinajstić information content (AvgIpc) is 2.52. The van der Waals surface area contributed by atoms with E-state index in [-0.39, 0.29) is 19.0 Å². The molecule has 1 amide bonds. The molecular formula is C17H16FNO3. The van der Waals surface area contributed by atoms with E-state index in [4.69, 9.17) is 4.74 Å². The first-order valence-electron chi connectivity index (χ1n) is 7.08. The third kappa shape index (κ3) is 3.09. The van der Waals surface area contributed by atoms with Gasteiger partial charge < -0.3 is 9.84 Å². The maximum Gasteiger partial charge on any atom is 0.414 e. The molecule has 0 spiro atoms. The zero-order valence-corrected chi connectivity index (χ0v) is 11.9. The summed E-state index contributed by atoms with van der Waals surface area (Å²) in [6.07, 6.45) is -0.940. The molecule has 5 heteroatoms. The van der Waals surface area contributed by atoms with Gasteiger partial charge >= 0.3 is 6.09 Å². The highest BCUT2D eigenvalue weighted by Gasteiger charge is 2.28. The van der Waals surface area contributed by atoms with Gasteiger partial charge in [0.15, 0.2) is 0 Å². The molecule has 1 unspecified atom stereocenters. The van der Waals surface area contributed by atoms with Gasteiger partial charge in [0.05, 0.1) is 18.3 Å². The van der Waals surface area contributed by atoms with Crippen molar-refractivity contribution in [3.05, 3.63) is 65.5 Å². The number of aliphatic hydroxyl groups is 1. The van der Waals surface area contributed by atoms with E-state index >= 15 is 0 Å². The molecule has 1 heterocycles. The third-order valence-corrected chi connectivity index (χ3v) is 3.61. The predicted octanol–water partition coefficient (Wildman–Crippen LogP) is 2.89. The van der Waals surface area contributed by atoms with Crippen molar-refractivity contribution in [1.82, 2.24) is 0 Å². The van der Waals surface area contributed by atoms with Gasteiger partial charge in [-0.3, -0.25) is 4.90 Å². The minimum atomic E-state index is -0.724. The molecule has 114 valence electrons. The molecule has 0 bridgehead atoms. The Morgan fingerprint density at radius 1 is 1.27 bits per heavy atom. The Hall–Kier alpha value is -2.40. The first-order chi connectivity index (χ1) is 10.6. The summed E-state index contributed by atoms with van der Waals surface area (Å²) in [5.74, 6) is -0.384. The standard InChI is InChI=1S/C17H16FNO3/c18-14-6-7-16-13(8-14)9-15(20)10-19(16)17(21)22-11-12-4-2-1-3-5-12/h1-8,15,20H,9-11H2. The number of halogens is 1. The fourth-order valence-electron chi connectivity index (χ4n) is 2.58. The number of carbonyl (C=O) groups excluding carboxylic acids is 1. The molecule has 1 aliphatic rings. The maximum absolute atomic E-state index is 13.3. The summed E-state index contributed by atoms with van der Waals surface area (Å²) in [5.41, 5.74) is 2.08. The molecule has 1 N–H and O–H groups in total. The second-order valence-electron chi connectivity index (χ2n) is 5.28. The van der Waals surface area contributed by atoms with E-state index in [0.717, 1.165) is 5.56 Å². The lowest BCUT2D eigenvalue weighted by molar-refractivity contribution is 0.133. The number of aliphatic hydroxyl groups excluding tert-OH is 1. The van der Waals surface area contributed by atoms with Crippen LogP contribution in [-0.4, -0.2) is 23.8 Å². The van der Waals surface area contributed by atoms with Crippen LogP contribution >= 0.6 is 0 Å². The van der Waals surface area contributed by atoms with Gasteiger partial charge in [-0.15, -0.1) is 0 Å². The lowest BCUT2D eigenvalue weighted by Gasteiger charge is -2.31. The molecule has 0 saturated heterocycles. The summed E-state index contributed by atoms with van der Waals surface area (Å²) in [6.45, 7) is 0.301. The summed E-state index contributed by atoms with van der Waals surface area (Å²) >= 11 is 0. The van der Waals surface area contributed by atoms with Crippen molar-refractivity contribution in [3.8, 4) is 0 Å². The number of rotatable bonds is 2. The highest BCUT2D eigenvalue weighted by Crippen LogP contribution is 2.28. The van der Waals surface area contributed by atoms with E-state index in [1.54, 1.807) is 6.07 Å². The Kier molecular flexibility index (Phi) is 4.06. The van der Waals surface area contributed by atoms with Crippen molar-refractivity contribution in [2.24, 2.45) is 0 Å². The molecule has 0 radical (unpaired) electrons. The van der Waals surface area contributed by atoms with E-state index in [9.17, 15) is 14.3 Å². The van der Waals surface area contributed by atoms with Crippen molar-refractivity contribution >= 4 is 11.8 Å². The SMILES string of the molecule is O=C(OCc1ccccc1)N1CC(O)Cc2cc(F)ccc21. The fraction of sp³-hybridized carbons (Fsp3) is 0.235.